The highest BCUT2D eigenvalue weighted by Crippen LogP contribution is 2.30. The lowest BCUT2D eigenvalue weighted by atomic mass is 10.2. The lowest BCUT2D eigenvalue weighted by Crippen LogP contribution is -2.27. The number of halogens is 2. The third-order valence-electron chi connectivity index (χ3n) is 4.20. The Morgan fingerprint density at radius 2 is 1.94 bits per heavy atom. The van der Waals surface area contributed by atoms with Crippen LogP contribution in [0, 0.1) is 0 Å². The molecule has 0 fully saturated rings. The Hall–Kier alpha value is -2.79. The van der Waals surface area contributed by atoms with E-state index in [2.05, 4.69) is 37.6 Å². The molecule has 160 valence electrons. The maximum absolute atomic E-state index is 12.9. The Morgan fingerprint density at radius 1 is 1.23 bits per heavy atom. The summed E-state index contributed by atoms with van der Waals surface area (Å²) in [6.07, 6.45) is 2.64. The maximum Gasteiger partial charge on any atom is 0.414 e. The first-order valence-electron chi connectivity index (χ1n) is 9.17. The van der Waals surface area contributed by atoms with E-state index >= 15 is 0 Å². The molecule has 2 aromatic rings. The van der Waals surface area contributed by atoms with Gasteiger partial charge in [-0.1, -0.05) is 11.6 Å². The number of anilines is 1. The van der Waals surface area contributed by atoms with Gasteiger partial charge in [-0.3, -0.25) is 14.8 Å². The molecule has 0 N–H and O–H groups in total. The lowest BCUT2D eigenvalue weighted by molar-refractivity contribution is -0.114. The molecule has 1 aromatic heterocycles. The average Bonchev–Trinajstić information content (AvgIpc) is 2.74. The Balaban J connectivity index is 1.89. The van der Waals surface area contributed by atoms with Gasteiger partial charge in [0.1, 0.15) is 9.40 Å². The van der Waals surface area contributed by atoms with Gasteiger partial charge in [0.25, 0.3) is 5.91 Å². The molecule has 0 bridgehead atoms. The van der Waals surface area contributed by atoms with Crippen LogP contribution in [0.4, 0.5) is 10.5 Å². The number of amides is 2. The number of hydrogen-bond acceptors (Lipinski definition) is 6. The maximum atomic E-state index is 12.9. The summed E-state index contributed by atoms with van der Waals surface area (Å²) in [5, 5.41) is 0.631. The third kappa shape index (κ3) is 5.47. The minimum Gasteiger partial charge on any atom is -0.408 e. The van der Waals surface area contributed by atoms with Crippen LogP contribution in [0.1, 0.15) is 12.6 Å². The number of aliphatic imine (C=N–C) groups is 2. The summed E-state index contributed by atoms with van der Waals surface area (Å²) in [5.74, 6) is -0.304. The first-order chi connectivity index (χ1) is 14.8. The molecular formula is C21H19ClIN5O3. The molecule has 0 aliphatic carbocycles. The molecule has 31 heavy (non-hydrogen) atoms. The van der Waals surface area contributed by atoms with Crippen molar-refractivity contribution in [1.29, 1.82) is 0 Å². The zero-order chi connectivity index (χ0) is 22.5. The van der Waals surface area contributed by atoms with Crippen molar-refractivity contribution >= 4 is 63.8 Å². The van der Waals surface area contributed by atoms with Crippen LogP contribution in [0.2, 0.25) is 5.02 Å². The molecule has 2 amide bonds. The monoisotopic (exact) mass is 551 g/mol. The second kappa shape index (κ2) is 10.0. The van der Waals surface area contributed by atoms with Crippen LogP contribution < -0.4 is 9.64 Å². The molecule has 0 unspecified atom stereocenters. The van der Waals surface area contributed by atoms with Crippen LogP contribution in [0.15, 0.2) is 62.0 Å². The standard InChI is InChI=1S/C21H19ClIN5O3/c1-13(17-16(5-4-10-24-17)31-21(30)27(2)3)26-20(29)18-19(23)28(12-11-25-18)15-8-6-14(22)7-9-15/h4-11H,12H2,1-3H3. The van der Waals surface area contributed by atoms with Crippen LogP contribution in [0.5, 0.6) is 5.75 Å². The zero-order valence-electron chi connectivity index (χ0n) is 17.0. The summed E-state index contributed by atoms with van der Waals surface area (Å²) in [6.45, 7) is 2.15. The fourth-order valence-corrected chi connectivity index (χ4v) is 3.62. The zero-order valence-corrected chi connectivity index (χ0v) is 20.0. The van der Waals surface area contributed by atoms with Crippen LogP contribution in [0.25, 0.3) is 0 Å². The molecule has 0 saturated heterocycles. The molecule has 0 spiro atoms. The van der Waals surface area contributed by atoms with E-state index < -0.39 is 12.0 Å². The van der Waals surface area contributed by atoms with Crippen molar-refractivity contribution in [2.45, 2.75) is 6.92 Å². The minimum atomic E-state index is -0.555. The molecule has 8 nitrogen and oxygen atoms in total. The van der Waals surface area contributed by atoms with Gasteiger partial charge in [-0.15, -0.1) is 0 Å². The number of carbonyl (C=O) groups is 2. The van der Waals surface area contributed by atoms with Gasteiger partial charge >= 0.3 is 6.09 Å². The summed E-state index contributed by atoms with van der Waals surface area (Å²) < 4.78 is 5.97. The number of aromatic nitrogens is 1. The van der Waals surface area contributed by atoms with Crippen molar-refractivity contribution in [3.8, 4) is 5.75 Å². The van der Waals surface area contributed by atoms with Crippen molar-refractivity contribution in [3.63, 3.8) is 0 Å². The van der Waals surface area contributed by atoms with Crippen molar-refractivity contribution in [2.24, 2.45) is 9.98 Å². The Labute approximate surface area is 198 Å². The number of carbonyl (C=O) groups excluding carboxylic acids is 2. The predicted molar refractivity (Wildman–Crippen MR) is 130 cm³/mol. The van der Waals surface area contributed by atoms with Gasteiger partial charge in [0, 0.05) is 37.2 Å². The molecule has 1 aliphatic heterocycles. The van der Waals surface area contributed by atoms with Gasteiger partial charge in [0.2, 0.25) is 0 Å². The van der Waals surface area contributed by atoms with E-state index in [0.717, 1.165) is 5.69 Å². The van der Waals surface area contributed by atoms with Gasteiger partial charge in [-0.25, -0.2) is 9.79 Å². The summed E-state index contributed by atoms with van der Waals surface area (Å²) in [6, 6.07) is 10.5. The number of nitrogens with zero attached hydrogens (tertiary/aromatic N) is 5. The van der Waals surface area contributed by atoms with Crippen LogP contribution in [-0.4, -0.2) is 54.5 Å². The molecule has 2 heterocycles. The van der Waals surface area contributed by atoms with Gasteiger partial charge < -0.3 is 14.5 Å². The van der Waals surface area contributed by atoms with E-state index in [1.807, 2.05) is 17.0 Å². The topological polar surface area (TPSA) is 87.5 Å². The largest absolute Gasteiger partial charge is 0.414 e. The van der Waals surface area contributed by atoms with E-state index in [0.29, 0.717) is 26.7 Å². The molecule has 1 aromatic carbocycles. The first-order valence-corrected chi connectivity index (χ1v) is 10.6. The molecule has 1 aliphatic rings. The lowest BCUT2D eigenvalue weighted by Gasteiger charge is -2.26. The van der Waals surface area contributed by atoms with E-state index in [9.17, 15) is 9.59 Å². The molecule has 0 saturated carbocycles. The highest BCUT2D eigenvalue weighted by Gasteiger charge is 2.23. The highest BCUT2D eigenvalue weighted by molar-refractivity contribution is 14.1. The Bertz CT molecular complexity index is 1100. The summed E-state index contributed by atoms with van der Waals surface area (Å²) in [7, 11) is 3.15. The van der Waals surface area contributed by atoms with Crippen LogP contribution in [-0.2, 0) is 4.79 Å². The Morgan fingerprint density at radius 3 is 2.61 bits per heavy atom. The number of hydrogen-bond donors (Lipinski definition) is 0. The van der Waals surface area contributed by atoms with Crippen LogP contribution in [0.3, 0.4) is 0 Å². The summed E-state index contributed by atoms with van der Waals surface area (Å²) in [5.41, 5.74) is 1.70. The molecule has 0 radical (unpaired) electrons. The quantitative estimate of drug-likeness (QED) is 0.321. The van der Waals surface area contributed by atoms with Crippen molar-refractivity contribution < 1.29 is 14.3 Å². The van der Waals surface area contributed by atoms with Crippen molar-refractivity contribution in [2.75, 3.05) is 25.5 Å². The van der Waals surface area contributed by atoms with E-state index in [-0.39, 0.29) is 11.4 Å². The van der Waals surface area contributed by atoms with Crippen LogP contribution >= 0.6 is 34.2 Å². The number of benzene rings is 1. The fraction of sp³-hybridized carbons (Fsp3) is 0.190. The molecule has 0 atom stereocenters. The van der Waals surface area contributed by atoms with E-state index in [1.165, 1.54) is 11.1 Å². The highest BCUT2D eigenvalue weighted by atomic mass is 127. The number of ether oxygens (including phenoxy) is 1. The summed E-state index contributed by atoms with van der Waals surface area (Å²) in [4.78, 5) is 40.7. The predicted octanol–water partition coefficient (Wildman–Crippen LogP) is 4.33. The van der Waals surface area contributed by atoms with Crippen molar-refractivity contribution in [1.82, 2.24) is 9.88 Å². The van der Waals surface area contributed by atoms with Gasteiger partial charge in [0.05, 0.1) is 12.3 Å². The minimum absolute atomic E-state index is 0.212. The van der Waals surface area contributed by atoms with Gasteiger partial charge in [0.15, 0.2) is 11.4 Å². The second-order valence-electron chi connectivity index (χ2n) is 6.65. The van der Waals surface area contributed by atoms with E-state index in [4.69, 9.17) is 16.3 Å². The molecule has 3 rings (SSSR count). The smallest absolute Gasteiger partial charge is 0.408 e. The van der Waals surface area contributed by atoms with Crippen molar-refractivity contribution in [3.05, 3.63) is 62.7 Å². The average molecular weight is 552 g/mol. The fourth-order valence-electron chi connectivity index (χ4n) is 2.65. The second-order valence-corrected chi connectivity index (χ2v) is 8.11. The first kappa shape index (κ1) is 22.9. The number of rotatable bonds is 4. The Kier molecular flexibility index (Phi) is 7.39. The SMILES string of the molecule is CC(=NC(=O)C1=C(I)N(c2ccc(Cl)cc2)CC=N1)c1ncccc1OC(=O)N(C)C. The van der Waals surface area contributed by atoms with Gasteiger partial charge in [-0.05, 0) is 65.9 Å². The molecule has 10 heteroatoms. The number of pyridine rings is 1. The normalized spacial score (nSPS) is 14.0. The van der Waals surface area contributed by atoms with Gasteiger partial charge in [-0.2, -0.15) is 0 Å². The third-order valence-corrected chi connectivity index (χ3v) is 5.55. The summed E-state index contributed by atoms with van der Waals surface area (Å²) >= 11 is 8.05. The van der Waals surface area contributed by atoms with E-state index in [1.54, 1.807) is 51.5 Å². The molecular weight excluding hydrogens is 533 g/mol.